The van der Waals surface area contributed by atoms with Crippen molar-refractivity contribution in [3.63, 3.8) is 0 Å². The Labute approximate surface area is 132 Å². The number of rotatable bonds is 6. The molecule has 21 heavy (non-hydrogen) atoms. The number of benzene rings is 1. The van der Waals surface area contributed by atoms with E-state index in [0.29, 0.717) is 0 Å². The Bertz CT molecular complexity index is 566. The van der Waals surface area contributed by atoms with Gasteiger partial charge in [-0.25, -0.2) is 0 Å². The Hall–Kier alpha value is -1.55. The van der Waals surface area contributed by atoms with E-state index in [4.69, 9.17) is 5.11 Å². The van der Waals surface area contributed by atoms with Gasteiger partial charge in [-0.1, -0.05) is 61.7 Å². The molecule has 1 fully saturated rings. The minimum Gasteiger partial charge on any atom is -0.391 e. The van der Waals surface area contributed by atoms with Gasteiger partial charge < -0.3 is 5.11 Å². The molecule has 0 spiro atoms. The quantitative estimate of drug-likeness (QED) is 0.620. The van der Waals surface area contributed by atoms with E-state index in [1.54, 1.807) is 6.08 Å². The highest BCUT2D eigenvalue weighted by atomic mass is 32.1. The molecule has 1 atom stereocenters. The average molecular weight is 299 g/mol. The van der Waals surface area contributed by atoms with E-state index in [9.17, 15) is 0 Å². The van der Waals surface area contributed by atoms with Crippen LogP contribution in [0.1, 0.15) is 11.6 Å². The molecule has 1 unspecified atom stereocenters. The van der Waals surface area contributed by atoms with E-state index < -0.39 is 0 Å². The highest BCUT2D eigenvalue weighted by molar-refractivity contribution is 7.84. The fraction of sp³-hybridized carbons (Fsp3) is 0.222. The molecule has 1 aromatic rings. The fourth-order valence-electron chi connectivity index (χ4n) is 2.58. The summed E-state index contributed by atoms with van der Waals surface area (Å²) in [6, 6.07) is 10.5. The first-order valence-corrected chi connectivity index (χ1v) is 7.40. The number of hydrogen-bond acceptors (Lipinski definition) is 3. The van der Waals surface area contributed by atoms with Crippen molar-refractivity contribution >= 4 is 12.6 Å². The van der Waals surface area contributed by atoms with Crippen molar-refractivity contribution in [2.75, 3.05) is 19.7 Å². The third-order valence-corrected chi connectivity index (χ3v) is 4.15. The van der Waals surface area contributed by atoms with Crippen LogP contribution in [0.15, 0.2) is 77.8 Å². The van der Waals surface area contributed by atoms with Crippen LogP contribution in [0.25, 0.3) is 0 Å². The van der Waals surface area contributed by atoms with E-state index in [0.717, 1.165) is 23.6 Å². The maximum atomic E-state index is 9.16. The molecule has 1 aliphatic rings. The molecule has 0 radical (unpaired) electrons. The predicted octanol–water partition coefficient (Wildman–Crippen LogP) is 3.52. The van der Waals surface area contributed by atoms with Gasteiger partial charge in [-0.05, 0) is 16.7 Å². The standard InChI is InChI=1S/C18H21NOS/c1-3-8-14(4-2)18(15-9-6-5-7-10-15)19-11-16(12-19)17(21)13-20/h3-10,18,20-21H,1-2,11-13H2/b14-8+. The number of hydrogen-bond donors (Lipinski definition) is 2. The number of likely N-dealkylation sites (tertiary alicyclic amines) is 1. The van der Waals surface area contributed by atoms with Crippen molar-refractivity contribution in [2.45, 2.75) is 6.04 Å². The van der Waals surface area contributed by atoms with Gasteiger partial charge in [0.05, 0.1) is 12.6 Å². The van der Waals surface area contributed by atoms with Gasteiger partial charge in [-0.3, -0.25) is 4.90 Å². The van der Waals surface area contributed by atoms with Crippen molar-refractivity contribution < 1.29 is 5.11 Å². The largest absolute Gasteiger partial charge is 0.391 e. The molecule has 0 aliphatic carbocycles. The fourth-order valence-corrected chi connectivity index (χ4v) is 2.72. The zero-order valence-electron chi connectivity index (χ0n) is 12.1. The zero-order valence-corrected chi connectivity index (χ0v) is 13.0. The Balaban J connectivity index is 2.29. The molecule has 0 saturated carbocycles. The molecule has 0 amide bonds. The van der Waals surface area contributed by atoms with Gasteiger partial charge in [0.1, 0.15) is 0 Å². The average Bonchev–Trinajstić information content (AvgIpc) is 2.48. The van der Waals surface area contributed by atoms with Crippen LogP contribution in [0.5, 0.6) is 0 Å². The van der Waals surface area contributed by atoms with Crippen molar-refractivity contribution in [1.29, 1.82) is 0 Å². The maximum absolute atomic E-state index is 9.16. The van der Waals surface area contributed by atoms with E-state index in [1.165, 1.54) is 11.1 Å². The summed E-state index contributed by atoms with van der Waals surface area (Å²) in [5.41, 5.74) is 3.55. The molecular formula is C18H21NOS. The summed E-state index contributed by atoms with van der Waals surface area (Å²) in [7, 11) is 0. The molecule has 2 nitrogen and oxygen atoms in total. The summed E-state index contributed by atoms with van der Waals surface area (Å²) in [5, 5.41) is 9.16. The van der Waals surface area contributed by atoms with Gasteiger partial charge in [0.2, 0.25) is 0 Å². The molecule has 3 heteroatoms. The van der Waals surface area contributed by atoms with E-state index >= 15 is 0 Å². The number of aliphatic hydroxyl groups excluding tert-OH is 1. The van der Waals surface area contributed by atoms with E-state index in [2.05, 4.69) is 42.8 Å². The van der Waals surface area contributed by atoms with Crippen LogP contribution in [-0.4, -0.2) is 29.7 Å². The van der Waals surface area contributed by atoms with Crippen LogP contribution >= 0.6 is 12.6 Å². The first-order chi connectivity index (χ1) is 10.2. The number of aliphatic hydroxyl groups is 1. The second-order valence-electron chi connectivity index (χ2n) is 5.03. The van der Waals surface area contributed by atoms with Crippen LogP contribution in [-0.2, 0) is 0 Å². The number of nitrogens with zero attached hydrogens (tertiary/aromatic N) is 1. The lowest BCUT2D eigenvalue weighted by Gasteiger charge is -2.42. The van der Waals surface area contributed by atoms with Gasteiger partial charge in [-0.2, -0.15) is 0 Å². The minimum atomic E-state index is 0.0130. The highest BCUT2D eigenvalue weighted by Crippen LogP contribution is 2.35. The predicted molar refractivity (Wildman–Crippen MR) is 92.3 cm³/mol. The molecule has 1 saturated heterocycles. The summed E-state index contributed by atoms with van der Waals surface area (Å²) in [6.45, 7) is 9.37. The molecular weight excluding hydrogens is 278 g/mol. The molecule has 0 aromatic heterocycles. The second-order valence-corrected chi connectivity index (χ2v) is 5.57. The van der Waals surface area contributed by atoms with Crippen molar-refractivity contribution in [3.05, 3.63) is 83.3 Å². The van der Waals surface area contributed by atoms with Crippen molar-refractivity contribution in [2.24, 2.45) is 0 Å². The van der Waals surface area contributed by atoms with Crippen LogP contribution < -0.4 is 0 Å². The van der Waals surface area contributed by atoms with Gasteiger partial charge in [0.15, 0.2) is 0 Å². The first kappa shape index (κ1) is 15.8. The summed E-state index contributed by atoms with van der Waals surface area (Å²) >= 11 is 4.32. The molecule has 1 N–H and O–H groups in total. The molecule has 1 aliphatic heterocycles. The molecule has 1 heterocycles. The summed E-state index contributed by atoms with van der Waals surface area (Å²) < 4.78 is 0. The first-order valence-electron chi connectivity index (χ1n) is 6.96. The summed E-state index contributed by atoms with van der Waals surface area (Å²) in [5.74, 6) is 0. The van der Waals surface area contributed by atoms with Crippen LogP contribution in [0.3, 0.4) is 0 Å². The third kappa shape index (κ3) is 3.56. The number of allylic oxidation sites excluding steroid dienone is 2. The lowest BCUT2D eigenvalue weighted by atomic mass is 9.92. The Morgan fingerprint density at radius 2 is 1.95 bits per heavy atom. The zero-order chi connectivity index (χ0) is 15.2. The van der Waals surface area contributed by atoms with Crippen LogP contribution in [0.2, 0.25) is 0 Å². The summed E-state index contributed by atoms with van der Waals surface area (Å²) in [6.07, 6.45) is 5.68. The Kier molecular flexibility index (Phi) is 5.62. The number of thiol groups is 1. The normalized spacial score (nSPS) is 17.0. The Morgan fingerprint density at radius 1 is 1.29 bits per heavy atom. The molecule has 1 aromatic carbocycles. The van der Waals surface area contributed by atoms with Gasteiger partial charge >= 0.3 is 0 Å². The van der Waals surface area contributed by atoms with Crippen molar-refractivity contribution in [1.82, 2.24) is 4.90 Å². The Morgan fingerprint density at radius 3 is 2.48 bits per heavy atom. The van der Waals surface area contributed by atoms with Crippen LogP contribution in [0.4, 0.5) is 0 Å². The SMILES string of the molecule is C=C/C=C(\C=C)C(c1ccccc1)N1CC(=C(S)CO)C1. The minimum absolute atomic E-state index is 0.0130. The van der Waals surface area contributed by atoms with Crippen molar-refractivity contribution in [3.8, 4) is 0 Å². The van der Waals surface area contributed by atoms with E-state index in [1.807, 2.05) is 30.4 Å². The monoisotopic (exact) mass is 299 g/mol. The lowest BCUT2D eigenvalue weighted by molar-refractivity contribution is 0.198. The summed E-state index contributed by atoms with van der Waals surface area (Å²) in [4.78, 5) is 3.12. The topological polar surface area (TPSA) is 23.5 Å². The maximum Gasteiger partial charge on any atom is 0.0738 e. The third-order valence-electron chi connectivity index (χ3n) is 3.69. The molecule has 110 valence electrons. The second kappa shape index (κ2) is 7.46. The molecule has 2 rings (SSSR count). The van der Waals surface area contributed by atoms with Gasteiger partial charge in [0.25, 0.3) is 0 Å². The van der Waals surface area contributed by atoms with Crippen LogP contribution in [0, 0.1) is 0 Å². The smallest absolute Gasteiger partial charge is 0.0738 e. The highest BCUT2D eigenvalue weighted by Gasteiger charge is 2.31. The molecule has 0 bridgehead atoms. The van der Waals surface area contributed by atoms with Gasteiger partial charge in [0, 0.05) is 18.0 Å². The van der Waals surface area contributed by atoms with Gasteiger partial charge in [-0.15, -0.1) is 12.6 Å². The lowest BCUT2D eigenvalue weighted by Crippen LogP contribution is -2.44. The van der Waals surface area contributed by atoms with E-state index in [-0.39, 0.29) is 12.6 Å².